The molecule has 0 aliphatic heterocycles. The van der Waals surface area contributed by atoms with Gasteiger partial charge in [-0.25, -0.2) is 0 Å². The highest BCUT2D eigenvalue weighted by Gasteiger charge is 2.15. The quantitative estimate of drug-likeness (QED) is 0.678. The van der Waals surface area contributed by atoms with Crippen LogP contribution in [0.15, 0.2) is 18.2 Å². The van der Waals surface area contributed by atoms with Crippen LogP contribution in [-0.2, 0) is 0 Å². The van der Waals surface area contributed by atoms with Gasteiger partial charge in [-0.1, -0.05) is 19.1 Å². The molecule has 0 aromatic heterocycles. The van der Waals surface area contributed by atoms with Crippen LogP contribution >= 0.6 is 0 Å². The molecule has 4 heteroatoms. The maximum atomic E-state index is 12.1. The second-order valence-corrected chi connectivity index (χ2v) is 4.13. The molecular weight excluding hydrogens is 216 g/mol. The number of rotatable bonds is 5. The molecule has 1 aromatic carbocycles. The van der Waals surface area contributed by atoms with Gasteiger partial charge in [-0.15, -0.1) is 0 Å². The van der Waals surface area contributed by atoms with E-state index in [0.29, 0.717) is 17.7 Å². The fraction of sp³-hybridized carbons (Fsp3) is 0.462. The normalized spacial score (nSPS) is 12.2. The van der Waals surface area contributed by atoms with Crippen LogP contribution < -0.4 is 11.1 Å². The number of hydrogen-bond donors (Lipinski definition) is 3. The number of aryl methyl sites for hydroxylation is 1. The molecule has 0 aliphatic rings. The number of aliphatic hydroxyl groups is 1. The van der Waals surface area contributed by atoms with E-state index >= 15 is 0 Å². The molecule has 0 radical (unpaired) electrons. The zero-order valence-corrected chi connectivity index (χ0v) is 10.4. The Bertz CT molecular complexity index is 371. The molecule has 0 heterocycles. The van der Waals surface area contributed by atoms with Gasteiger partial charge in [0.05, 0.1) is 5.56 Å². The van der Waals surface area contributed by atoms with Crippen molar-refractivity contribution in [3.8, 4) is 0 Å². The average Bonchev–Trinajstić information content (AvgIpc) is 2.28. The van der Waals surface area contributed by atoms with Gasteiger partial charge in [-0.2, -0.15) is 0 Å². The molecule has 0 saturated carbocycles. The van der Waals surface area contributed by atoms with Crippen LogP contribution in [0.3, 0.4) is 0 Å². The Morgan fingerprint density at radius 3 is 2.76 bits per heavy atom. The molecule has 1 amide bonds. The number of carbonyl (C=O) groups is 1. The van der Waals surface area contributed by atoms with Crippen LogP contribution in [0.25, 0.3) is 0 Å². The standard InChI is InChI=1S/C13H20N2O2/c1-3-10(7-8-16)15-13(17)12-9(2)5-4-6-11(12)14/h4-6,10,16H,3,7-8,14H2,1-2H3,(H,15,17). The summed E-state index contributed by atoms with van der Waals surface area (Å²) in [5.74, 6) is -0.166. The molecule has 1 unspecified atom stereocenters. The van der Waals surface area contributed by atoms with Gasteiger partial charge in [-0.3, -0.25) is 4.79 Å². The van der Waals surface area contributed by atoms with Crippen molar-refractivity contribution >= 4 is 11.6 Å². The van der Waals surface area contributed by atoms with Crippen LogP contribution in [0.1, 0.15) is 35.7 Å². The summed E-state index contributed by atoms with van der Waals surface area (Å²) in [5, 5.41) is 11.8. The van der Waals surface area contributed by atoms with E-state index in [9.17, 15) is 4.79 Å². The van der Waals surface area contributed by atoms with Crippen molar-refractivity contribution in [2.75, 3.05) is 12.3 Å². The molecule has 0 aliphatic carbocycles. The molecule has 0 saturated heterocycles. The number of nitrogen functional groups attached to an aromatic ring is 1. The zero-order chi connectivity index (χ0) is 12.8. The average molecular weight is 236 g/mol. The Morgan fingerprint density at radius 1 is 1.53 bits per heavy atom. The molecule has 0 bridgehead atoms. The first-order valence-electron chi connectivity index (χ1n) is 5.87. The van der Waals surface area contributed by atoms with E-state index < -0.39 is 0 Å². The Morgan fingerprint density at radius 2 is 2.24 bits per heavy atom. The molecule has 94 valence electrons. The van der Waals surface area contributed by atoms with E-state index in [1.807, 2.05) is 26.0 Å². The van der Waals surface area contributed by atoms with Crippen molar-refractivity contribution in [2.24, 2.45) is 0 Å². The predicted molar refractivity (Wildman–Crippen MR) is 68.8 cm³/mol. The first kappa shape index (κ1) is 13.5. The summed E-state index contributed by atoms with van der Waals surface area (Å²) < 4.78 is 0. The van der Waals surface area contributed by atoms with Gasteiger partial charge in [0.25, 0.3) is 5.91 Å². The lowest BCUT2D eigenvalue weighted by atomic mass is 10.0. The Labute approximate surface area is 102 Å². The second kappa shape index (κ2) is 6.25. The molecule has 1 atom stereocenters. The van der Waals surface area contributed by atoms with Crippen LogP contribution in [-0.4, -0.2) is 23.7 Å². The van der Waals surface area contributed by atoms with Gasteiger partial charge in [0.15, 0.2) is 0 Å². The van der Waals surface area contributed by atoms with Crippen LogP contribution in [0.4, 0.5) is 5.69 Å². The molecule has 1 rings (SSSR count). The van der Waals surface area contributed by atoms with Crippen molar-refractivity contribution in [3.05, 3.63) is 29.3 Å². The third-order valence-electron chi connectivity index (χ3n) is 2.84. The van der Waals surface area contributed by atoms with Crippen molar-refractivity contribution in [2.45, 2.75) is 32.7 Å². The summed E-state index contributed by atoms with van der Waals surface area (Å²) in [7, 11) is 0. The number of hydrogen-bond acceptors (Lipinski definition) is 3. The van der Waals surface area contributed by atoms with Gasteiger partial charge in [0.2, 0.25) is 0 Å². The number of amides is 1. The molecule has 4 N–H and O–H groups in total. The van der Waals surface area contributed by atoms with E-state index in [0.717, 1.165) is 12.0 Å². The monoisotopic (exact) mass is 236 g/mol. The van der Waals surface area contributed by atoms with Crippen LogP contribution in [0, 0.1) is 6.92 Å². The summed E-state index contributed by atoms with van der Waals surface area (Å²) in [6.07, 6.45) is 1.35. The van der Waals surface area contributed by atoms with E-state index in [1.165, 1.54) is 0 Å². The number of nitrogens with one attached hydrogen (secondary N) is 1. The van der Waals surface area contributed by atoms with Crippen LogP contribution in [0.5, 0.6) is 0 Å². The van der Waals surface area contributed by atoms with Gasteiger partial charge in [0, 0.05) is 18.3 Å². The minimum Gasteiger partial charge on any atom is -0.398 e. The Hall–Kier alpha value is -1.55. The Balaban J connectivity index is 2.82. The minimum atomic E-state index is -0.166. The van der Waals surface area contributed by atoms with E-state index in [-0.39, 0.29) is 18.6 Å². The second-order valence-electron chi connectivity index (χ2n) is 4.13. The van der Waals surface area contributed by atoms with Crippen molar-refractivity contribution in [3.63, 3.8) is 0 Å². The lowest BCUT2D eigenvalue weighted by Crippen LogP contribution is -2.35. The molecular formula is C13H20N2O2. The lowest BCUT2D eigenvalue weighted by Gasteiger charge is -2.17. The Kier molecular flexibility index (Phi) is 4.97. The number of benzene rings is 1. The maximum Gasteiger partial charge on any atom is 0.253 e. The summed E-state index contributed by atoms with van der Waals surface area (Å²) in [6.45, 7) is 3.90. The summed E-state index contributed by atoms with van der Waals surface area (Å²) in [6, 6.07) is 5.39. The zero-order valence-electron chi connectivity index (χ0n) is 10.4. The smallest absolute Gasteiger partial charge is 0.253 e. The van der Waals surface area contributed by atoms with Crippen molar-refractivity contribution < 1.29 is 9.90 Å². The highest BCUT2D eigenvalue weighted by molar-refractivity contribution is 6.00. The van der Waals surface area contributed by atoms with Crippen molar-refractivity contribution in [1.29, 1.82) is 0 Å². The lowest BCUT2D eigenvalue weighted by molar-refractivity contribution is 0.0929. The van der Waals surface area contributed by atoms with Gasteiger partial charge in [-0.05, 0) is 31.4 Å². The number of anilines is 1. The van der Waals surface area contributed by atoms with E-state index in [1.54, 1.807) is 6.07 Å². The topological polar surface area (TPSA) is 75.3 Å². The summed E-state index contributed by atoms with van der Waals surface area (Å²) in [4.78, 5) is 12.1. The minimum absolute atomic E-state index is 0.00786. The summed E-state index contributed by atoms with van der Waals surface area (Å²) >= 11 is 0. The van der Waals surface area contributed by atoms with E-state index in [4.69, 9.17) is 10.8 Å². The van der Waals surface area contributed by atoms with Gasteiger partial charge < -0.3 is 16.2 Å². The first-order valence-corrected chi connectivity index (χ1v) is 5.87. The first-order chi connectivity index (χ1) is 8.10. The molecule has 0 spiro atoms. The number of carbonyl (C=O) groups excluding carboxylic acids is 1. The molecule has 1 aromatic rings. The predicted octanol–water partition coefficient (Wildman–Crippen LogP) is 1.47. The molecule has 17 heavy (non-hydrogen) atoms. The van der Waals surface area contributed by atoms with Gasteiger partial charge >= 0.3 is 0 Å². The van der Waals surface area contributed by atoms with E-state index in [2.05, 4.69) is 5.32 Å². The fourth-order valence-corrected chi connectivity index (χ4v) is 1.79. The molecule has 4 nitrogen and oxygen atoms in total. The maximum absolute atomic E-state index is 12.1. The number of aliphatic hydroxyl groups excluding tert-OH is 1. The third kappa shape index (κ3) is 3.46. The third-order valence-corrected chi connectivity index (χ3v) is 2.84. The number of nitrogens with two attached hydrogens (primary N) is 1. The van der Waals surface area contributed by atoms with Crippen molar-refractivity contribution in [1.82, 2.24) is 5.32 Å². The van der Waals surface area contributed by atoms with Crippen LogP contribution in [0.2, 0.25) is 0 Å². The molecule has 0 fully saturated rings. The summed E-state index contributed by atoms with van der Waals surface area (Å²) in [5.41, 5.74) is 7.68. The highest BCUT2D eigenvalue weighted by Crippen LogP contribution is 2.16. The fourth-order valence-electron chi connectivity index (χ4n) is 1.79. The highest BCUT2D eigenvalue weighted by atomic mass is 16.3. The SMILES string of the molecule is CCC(CCO)NC(=O)c1c(C)cccc1N. The largest absolute Gasteiger partial charge is 0.398 e. The van der Waals surface area contributed by atoms with Gasteiger partial charge in [0.1, 0.15) is 0 Å².